The van der Waals surface area contributed by atoms with Crippen molar-refractivity contribution in [2.24, 2.45) is 0 Å². The monoisotopic (exact) mass is 220 g/mol. The summed E-state index contributed by atoms with van der Waals surface area (Å²) in [6.45, 7) is 2.74. The number of nitrogens with zero attached hydrogens (tertiary/aromatic N) is 2. The van der Waals surface area contributed by atoms with Gasteiger partial charge in [-0.1, -0.05) is 6.07 Å². The summed E-state index contributed by atoms with van der Waals surface area (Å²) < 4.78 is 0. The molecule has 0 amide bonds. The van der Waals surface area contributed by atoms with Gasteiger partial charge in [-0.05, 0) is 19.1 Å². The number of anilines is 2. The summed E-state index contributed by atoms with van der Waals surface area (Å²) in [5.74, 6) is 1.32. The van der Waals surface area contributed by atoms with E-state index in [0.29, 0.717) is 5.82 Å². The molecular formula is C10H12N4S. The van der Waals surface area contributed by atoms with Crippen LogP contribution >= 0.6 is 11.3 Å². The van der Waals surface area contributed by atoms with Gasteiger partial charge in [0.15, 0.2) is 0 Å². The third-order valence-corrected chi connectivity index (χ3v) is 2.98. The van der Waals surface area contributed by atoms with Crippen molar-refractivity contribution in [1.29, 1.82) is 0 Å². The first-order valence-corrected chi connectivity index (χ1v) is 5.49. The fraction of sp³-hybridized carbons (Fsp3) is 0.200. The Bertz CT molecular complexity index is 452. The quantitative estimate of drug-likeness (QED) is 0.830. The minimum atomic E-state index is 0.529. The van der Waals surface area contributed by atoms with E-state index in [1.54, 1.807) is 17.4 Å². The highest BCUT2D eigenvalue weighted by Gasteiger charge is 2.01. The molecule has 0 aliphatic rings. The molecule has 0 bridgehead atoms. The standard InChI is InChI=1S/C10H12N4S/c1-7-8(15-6-13-7)5-12-10-4-2-3-9(11)14-10/h2-4,6H,5H2,1H3,(H3,11,12,14). The molecule has 0 aliphatic carbocycles. The smallest absolute Gasteiger partial charge is 0.128 e. The van der Waals surface area contributed by atoms with E-state index in [0.717, 1.165) is 18.1 Å². The van der Waals surface area contributed by atoms with Crippen LogP contribution in [-0.4, -0.2) is 9.97 Å². The average Bonchev–Trinajstić information content (AvgIpc) is 2.61. The van der Waals surface area contributed by atoms with Crippen molar-refractivity contribution in [3.63, 3.8) is 0 Å². The number of nitrogens with one attached hydrogen (secondary N) is 1. The minimum absolute atomic E-state index is 0.529. The van der Waals surface area contributed by atoms with E-state index in [1.807, 2.05) is 24.6 Å². The molecule has 4 nitrogen and oxygen atoms in total. The normalized spacial score (nSPS) is 10.2. The lowest BCUT2D eigenvalue weighted by molar-refractivity contribution is 1.10. The van der Waals surface area contributed by atoms with Gasteiger partial charge in [0, 0.05) is 4.88 Å². The predicted molar refractivity (Wildman–Crippen MR) is 62.8 cm³/mol. The van der Waals surface area contributed by atoms with E-state index in [-0.39, 0.29) is 0 Å². The molecule has 2 aromatic heterocycles. The van der Waals surface area contributed by atoms with Crippen LogP contribution in [0.5, 0.6) is 0 Å². The van der Waals surface area contributed by atoms with Crippen LogP contribution in [0.1, 0.15) is 10.6 Å². The van der Waals surface area contributed by atoms with Crippen molar-refractivity contribution in [2.45, 2.75) is 13.5 Å². The molecule has 78 valence electrons. The lowest BCUT2D eigenvalue weighted by Crippen LogP contribution is -2.02. The number of pyridine rings is 1. The second kappa shape index (κ2) is 4.27. The Morgan fingerprint density at radius 1 is 1.47 bits per heavy atom. The number of hydrogen-bond acceptors (Lipinski definition) is 5. The van der Waals surface area contributed by atoms with Gasteiger partial charge >= 0.3 is 0 Å². The number of nitrogens with two attached hydrogens (primary N) is 1. The minimum Gasteiger partial charge on any atom is -0.384 e. The van der Waals surface area contributed by atoms with Crippen LogP contribution in [0.2, 0.25) is 0 Å². The van der Waals surface area contributed by atoms with Crippen LogP contribution in [0.15, 0.2) is 23.7 Å². The maximum Gasteiger partial charge on any atom is 0.128 e. The summed E-state index contributed by atoms with van der Waals surface area (Å²) in [4.78, 5) is 9.55. The number of thiazole rings is 1. The molecule has 2 aromatic rings. The highest BCUT2D eigenvalue weighted by atomic mass is 32.1. The van der Waals surface area contributed by atoms with Crippen molar-refractivity contribution < 1.29 is 0 Å². The molecule has 0 saturated carbocycles. The molecule has 0 unspecified atom stereocenters. The highest BCUT2D eigenvalue weighted by Crippen LogP contribution is 2.14. The van der Waals surface area contributed by atoms with Gasteiger partial charge in [-0.25, -0.2) is 9.97 Å². The number of aromatic nitrogens is 2. The molecule has 0 aliphatic heterocycles. The molecule has 0 saturated heterocycles. The Labute approximate surface area is 92.2 Å². The van der Waals surface area contributed by atoms with E-state index in [4.69, 9.17) is 5.73 Å². The number of rotatable bonds is 3. The third-order valence-electron chi connectivity index (χ3n) is 2.05. The first kappa shape index (κ1) is 9.92. The fourth-order valence-electron chi connectivity index (χ4n) is 1.22. The summed E-state index contributed by atoms with van der Waals surface area (Å²) in [7, 11) is 0. The van der Waals surface area contributed by atoms with Gasteiger partial charge in [-0.15, -0.1) is 11.3 Å². The zero-order valence-corrected chi connectivity index (χ0v) is 9.21. The topological polar surface area (TPSA) is 63.8 Å². The van der Waals surface area contributed by atoms with E-state index in [1.165, 1.54) is 4.88 Å². The molecule has 0 spiro atoms. The molecule has 2 heterocycles. The van der Waals surface area contributed by atoms with Gasteiger partial charge in [0.25, 0.3) is 0 Å². The Balaban J connectivity index is 2.02. The lowest BCUT2D eigenvalue weighted by Gasteiger charge is -2.04. The molecule has 5 heteroatoms. The maximum atomic E-state index is 5.58. The van der Waals surface area contributed by atoms with Crippen molar-refractivity contribution in [3.8, 4) is 0 Å². The largest absolute Gasteiger partial charge is 0.384 e. The Morgan fingerprint density at radius 2 is 2.33 bits per heavy atom. The zero-order valence-electron chi connectivity index (χ0n) is 8.40. The molecule has 15 heavy (non-hydrogen) atoms. The zero-order chi connectivity index (χ0) is 10.7. The highest BCUT2D eigenvalue weighted by molar-refractivity contribution is 7.09. The van der Waals surface area contributed by atoms with Crippen molar-refractivity contribution in [3.05, 3.63) is 34.3 Å². The van der Waals surface area contributed by atoms with E-state index >= 15 is 0 Å². The van der Waals surface area contributed by atoms with Crippen LogP contribution < -0.4 is 11.1 Å². The lowest BCUT2D eigenvalue weighted by atomic mass is 10.4. The van der Waals surface area contributed by atoms with Gasteiger partial charge in [0.2, 0.25) is 0 Å². The molecule has 0 atom stereocenters. The number of hydrogen-bond donors (Lipinski definition) is 2. The fourth-order valence-corrected chi connectivity index (χ4v) is 1.93. The summed E-state index contributed by atoms with van der Waals surface area (Å²) in [6.07, 6.45) is 0. The third kappa shape index (κ3) is 2.44. The SMILES string of the molecule is Cc1ncsc1CNc1cccc(N)n1. The molecule has 2 rings (SSSR count). The Morgan fingerprint density at radius 3 is 3.00 bits per heavy atom. The van der Waals surface area contributed by atoms with Crippen LogP contribution in [-0.2, 0) is 6.54 Å². The van der Waals surface area contributed by atoms with Gasteiger partial charge in [0.05, 0.1) is 17.7 Å². The van der Waals surface area contributed by atoms with Crippen molar-refractivity contribution in [2.75, 3.05) is 11.1 Å². The summed E-state index contributed by atoms with van der Waals surface area (Å²) in [5.41, 5.74) is 8.49. The summed E-state index contributed by atoms with van der Waals surface area (Å²) in [6, 6.07) is 5.54. The van der Waals surface area contributed by atoms with Crippen molar-refractivity contribution in [1.82, 2.24) is 9.97 Å². The maximum absolute atomic E-state index is 5.58. The summed E-state index contributed by atoms with van der Waals surface area (Å²) >= 11 is 1.64. The predicted octanol–water partition coefficient (Wildman–Crippen LogP) is 2.04. The number of aryl methyl sites for hydroxylation is 1. The van der Waals surface area contributed by atoms with Gasteiger partial charge < -0.3 is 11.1 Å². The molecule has 0 fully saturated rings. The van der Waals surface area contributed by atoms with E-state index < -0.39 is 0 Å². The second-order valence-electron chi connectivity index (χ2n) is 3.16. The Hall–Kier alpha value is -1.62. The molecule has 0 aromatic carbocycles. The molecule has 3 N–H and O–H groups in total. The second-order valence-corrected chi connectivity index (χ2v) is 4.10. The Kier molecular flexibility index (Phi) is 2.82. The molecular weight excluding hydrogens is 208 g/mol. The van der Waals surface area contributed by atoms with Gasteiger partial charge in [0.1, 0.15) is 11.6 Å². The summed E-state index contributed by atoms with van der Waals surface area (Å²) in [5, 5.41) is 3.21. The first-order valence-electron chi connectivity index (χ1n) is 4.61. The first-order chi connectivity index (χ1) is 7.25. The van der Waals surface area contributed by atoms with Gasteiger partial charge in [-0.2, -0.15) is 0 Å². The van der Waals surface area contributed by atoms with Crippen molar-refractivity contribution >= 4 is 23.0 Å². The van der Waals surface area contributed by atoms with Crippen LogP contribution in [0, 0.1) is 6.92 Å². The van der Waals surface area contributed by atoms with E-state index in [2.05, 4.69) is 15.3 Å². The van der Waals surface area contributed by atoms with Crippen LogP contribution in [0.25, 0.3) is 0 Å². The number of nitrogen functional groups attached to an aromatic ring is 1. The van der Waals surface area contributed by atoms with Crippen LogP contribution in [0.3, 0.4) is 0 Å². The average molecular weight is 220 g/mol. The van der Waals surface area contributed by atoms with Crippen LogP contribution in [0.4, 0.5) is 11.6 Å². The van der Waals surface area contributed by atoms with E-state index in [9.17, 15) is 0 Å². The molecule has 0 radical (unpaired) electrons. The van der Waals surface area contributed by atoms with Gasteiger partial charge in [-0.3, -0.25) is 0 Å².